The van der Waals surface area contributed by atoms with Crippen molar-refractivity contribution < 1.29 is 23.9 Å². The van der Waals surface area contributed by atoms with Gasteiger partial charge in [-0.05, 0) is 75.7 Å². The number of hydrogen-bond acceptors (Lipinski definition) is 7. The number of carbonyl (C=O) groups excluding carboxylic acids is 3. The van der Waals surface area contributed by atoms with Crippen molar-refractivity contribution in [3.63, 3.8) is 0 Å². The molecule has 0 aromatic rings. The van der Waals surface area contributed by atoms with Gasteiger partial charge in [0, 0.05) is 54.3 Å². The van der Waals surface area contributed by atoms with Gasteiger partial charge >= 0.3 is 11.9 Å². The van der Waals surface area contributed by atoms with Gasteiger partial charge in [-0.3, -0.25) is 4.79 Å². The van der Waals surface area contributed by atoms with E-state index >= 15 is 0 Å². The van der Waals surface area contributed by atoms with E-state index in [0.717, 1.165) is 19.3 Å². The number of esters is 2. The molecule has 2 aliphatic heterocycles. The second-order valence-electron chi connectivity index (χ2n) is 16.8. The molecule has 0 radical (unpaired) electrons. The van der Waals surface area contributed by atoms with E-state index in [1.165, 1.54) is 49.8 Å². The lowest BCUT2D eigenvalue weighted by molar-refractivity contribution is -0.171. The summed E-state index contributed by atoms with van der Waals surface area (Å²) < 4.78 is 12.1. The SMILES string of the molecule is CCCCCCCCCCCCC(=O)N(C(C)C(=O)OC1CC(C)(C)NC(C)(C)C1)C(C)C(=O)OC1CC(C)(C)NC(C)(C)C1. The first-order valence-electron chi connectivity index (χ1n) is 18.1. The highest BCUT2D eigenvalue weighted by Crippen LogP contribution is 2.32. The minimum absolute atomic E-state index is 0.186. The summed E-state index contributed by atoms with van der Waals surface area (Å²) >= 11 is 0. The molecule has 2 saturated heterocycles. The molecule has 262 valence electrons. The van der Waals surface area contributed by atoms with Crippen LogP contribution in [0, 0.1) is 0 Å². The number of nitrogens with one attached hydrogen (secondary N) is 2. The van der Waals surface area contributed by atoms with Crippen LogP contribution in [-0.2, 0) is 23.9 Å². The summed E-state index contributed by atoms with van der Waals surface area (Å²) in [6.45, 7) is 22.5. The normalized spacial score (nSPS) is 22.3. The van der Waals surface area contributed by atoms with Gasteiger partial charge < -0.3 is 25.0 Å². The highest BCUT2D eigenvalue weighted by molar-refractivity contribution is 5.89. The summed E-state index contributed by atoms with van der Waals surface area (Å²) in [4.78, 5) is 42.4. The van der Waals surface area contributed by atoms with E-state index in [1.54, 1.807) is 13.8 Å². The molecule has 2 atom stereocenters. The number of carbonyl (C=O) groups is 3. The van der Waals surface area contributed by atoms with E-state index in [0.29, 0.717) is 32.1 Å². The number of unbranched alkanes of at least 4 members (excludes halogenated alkanes) is 9. The Hall–Kier alpha value is -1.67. The molecule has 2 fully saturated rings. The molecular weight excluding hydrogens is 566 g/mol. The second-order valence-corrected chi connectivity index (χ2v) is 16.8. The Morgan fingerprint density at radius 1 is 0.600 bits per heavy atom. The number of amides is 1. The molecule has 8 heteroatoms. The molecule has 0 saturated carbocycles. The van der Waals surface area contributed by atoms with Gasteiger partial charge in [-0.1, -0.05) is 64.7 Å². The summed E-state index contributed by atoms with van der Waals surface area (Å²) in [5.74, 6) is -1.12. The Bertz CT molecular complexity index is 870. The van der Waals surface area contributed by atoms with Crippen molar-refractivity contribution in [1.82, 2.24) is 15.5 Å². The molecule has 0 aliphatic carbocycles. The zero-order valence-electron chi connectivity index (χ0n) is 30.9. The predicted molar refractivity (Wildman–Crippen MR) is 183 cm³/mol. The Balaban J connectivity index is 2.07. The van der Waals surface area contributed by atoms with Crippen molar-refractivity contribution in [1.29, 1.82) is 0 Å². The van der Waals surface area contributed by atoms with Gasteiger partial charge in [0.05, 0.1) is 0 Å². The maximum Gasteiger partial charge on any atom is 0.328 e. The zero-order chi connectivity index (χ0) is 34.1. The summed E-state index contributed by atoms with van der Waals surface area (Å²) in [5, 5.41) is 7.24. The lowest BCUT2D eigenvalue weighted by Crippen LogP contribution is -2.61. The van der Waals surface area contributed by atoms with E-state index in [2.05, 4.69) is 72.9 Å². The molecule has 1 amide bonds. The topological polar surface area (TPSA) is 97.0 Å². The van der Waals surface area contributed by atoms with Crippen LogP contribution in [0.3, 0.4) is 0 Å². The molecule has 0 aromatic carbocycles. The Labute approximate surface area is 275 Å². The van der Waals surface area contributed by atoms with Crippen LogP contribution < -0.4 is 10.6 Å². The lowest BCUT2D eigenvalue weighted by Gasteiger charge is -2.46. The third-order valence-electron chi connectivity index (χ3n) is 9.42. The van der Waals surface area contributed by atoms with Crippen LogP contribution in [0.1, 0.15) is 172 Å². The molecule has 2 rings (SSSR count). The molecular formula is C37H69N3O5. The van der Waals surface area contributed by atoms with Gasteiger partial charge in [-0.15, -0.1) is 0 Å². The second kappa shape index (κ2) is 16.9. The third-order valence-corrected chi connectivity index (χ3v) is 9.42. The largest absolute Gasteiger partial charge is 0.461 e. The van der Waals surface area contributed by atoms with Crippen molar-refractivity contribution in [3.05, 3.63) is 0 Å². The molecule has 2 N–H and O–H groups in total. The zero-order valence-corrected chi connectivity index (χ0v) is 30.9. The van der Waals surface area contributed by atoms with Gasteiger partial charge in [0.25, 0.3) is 0 Å². The first-order valence-corrected chi connectivity index (χ1v) is 18.1. The van der Waals surface area contributed by atoms with E-state index in [1.807, 2.05) is 0 Å². The summed E-state index contributed by atoms with van der Waals surface area (Å²) in [6.07, 6.45) is 14.2. The van der Waals surface area contributed by atoms with Crippen LogP contribution in [0.4, 0.5) is 0 Å². The standard InChI is InChI=1S/C37H69N3O5/c1-12-13-14-15-16-17-18-19-20-21-22-31(41)40(27(2)32(42)44-29-23-34(4,5)38-35(6,7)24-29)28(3)33(43)45-30-25-36(8,9)39-37(10,11)26-30/h27-30,38-39H,12-26H2,1-11H3. The van der Waals surface area contributed by atoms with Gasteiger partial charge in [0.15, 0.2) is 0 Å². The Kier molecular flexibility index (Phi) is 14.9. The molecule has 0 aromatic heterocycles. The highest BCUT2D eigenvalue weighted by Gasteiger charge is 2.43. The summed E-state index contributed by atoms with van der Waals surface area (Å²) in [7, 11) is 0. The predicted octanol–water partition coefficient (Wildman–Crippen LogP) is 7.61. The van der Waals surface area contributed by atoms with Crippen molar-refractivity contribution in [2.75, 3.05) is 0 Å². The van der Waals surface area contributed by atoms with Crippen LogP contribution in [0.5, 0.6) is 0 Å². The van der Waals surface area contributed by atoms with Crippen LogP contribution in [0.25, 0.3) is 0 Å². The average molecular weight is 636 g/mol. The van der Waals surface area contributed by atoms with Gasteiger partial charge in [-0.2, -0.15) is 0 Å². The van der Waals surface area contributed by atoms with E-state index in [9.17, 15) is 14.4 Å². The van der Waals surface area contributed by atoms with Gasteiger partial charge in [0.2, 0.25) is 5.91 Å². The molecule has 2 unspecified atom stereocenters. The van der Waals surface area contributed by atoms with Crippen LogP contribution in [0.2, 0.25) is 0 Å². The Morgan fingerprint density at radius 2 is 0.911 bits per heavy atom. The molecule has 8 nitrogen and oxygen atoms in total. The van der Waals surface area contributed by atoms with Gasteiger partial charge in [0.1, 0.15) is 24.3 Å². The van der Waals surface area contributed by atoms with Crippen molar-refractivity contribution in [2.24, 2.45) is 0 Å². The maximum absolute atomic E-state index is 13.8. The van der Waals surface area contributed by atoms with Crippen molar-refractivity contribution >= 4 is 17.8 Å². The summed E-state index contributed by atoms with van der Waals surface area (Å²) in [5.41, 5.74) is -0.744. The third kappa shape index (κ3) is 13.9. The molecule has 45 heavy (non-hydrogen) atoms. The molecule has 2 aliphatic rings. The first-order chi connectivity index (χ1) is 20.8. The van der Waals surface area contributed by atoms with Crippen LogP contribution in [-0.4, -0.2) is 69.2 Å². The lowest BCUT2D eigenvalue weighted by atomic mass is 9.81. The monoisotopic (exact) mass is 636 g/mol. The van der Waals surface area contributed by atoms with Crippen LogP contribution >= 0.6 is 0 Å². The van der Waals surface area contributed by atoms with E-state index in [4.69, 9.17) is 9.47 Å². The molecule has 0 spiro atoms. The fourth-order valence-corrected chi connectivity index (χ4v) is 8.04. The number of hydrogen-bond donors (Lipinski definition) is 2. The summed E-state index contributed by atoms with van der Waals surface area (Å²) in [6, 6.07) is -1.80. The quantitative estimate of drug-likeness (QED) is 0.125. The van der Waals surface area contributed by atoms with Gasteiger partial charge in [-0.25, -0.2) is 9.59 Å². The Morgan fingerprint density at radius 3 is 1.24 bits per heavy atom. The van der Waals surface area contributed by atoms with Crippen molar-refractivity contribution in [2.45, 2.75) is 219 Å². The number of piperidine rings is 2. The minimum atomic E-state index is -0.898. The van der Waals surface area contributed by atoms with Crippen LogP contribution in [0.15, 0.2) is 0 Å². The van der Waals surface area contributed by atoms with E-state index in [-0.39, 0.29) is 40.3 Å². The number of nitrogens with zero attached hydrogens (tertiary/aromatic N) is 1. The fraction of sp³-hybridized carbons (Fsp3) is 0.919. The molecule has 0 bridgehead atoms. The fourth-order valence-electron chi connectivity index (χ4n) is 8.04. The number of rotatable bonds is 17. The number of ether oxygens (including phenoxy) is 2. The average Bonchev–Trinajstić information content (AvgIpc) is 2.85. The van der Waals surface area contributed by atoms with E-state index < -0.39 is 24.0 Å². The first kappa shape index (κ1) is 39.5. The maximum atomic E-state index is 13.8. The smallest absolute Gasteiger partial charge is 0.328 e. The minimum Gasteiger partial charge on any atom is -0.461 e. The molecule has 2 heterocycles. The van der Waals surface area contributed by atoms with Crippen molar-refractivity contribution in [3.8, 4) is 0 Å². The highest BCUT2D eigenvalue weighted by atomic mass is 16.6.